The number of rotatable bonds is 10. The molecule has 0 aromatic heterocycles. The Kier molecular flexibility index (Phi) is 8.33. The van der Waals surface area contributed by atoms with Crippen LogP contribution in [0, 0.1) is 0 Å². The summed E-state index contributed by atoms with van der Waals surface area (Å²) in [6.07, 6.45) is -0.576. The highest BCUT2D eigenvalue weighted by atomic mass is 32.2. The molecular formula is C20H27N3O6S. The Hall–Kier alpha value is -2.50. The zero-order valence-corrected chi connectivity index (χ0v) is 17.9. The fraction of sp³-hybridized carbons (Fsp3) is 0.350. The van der Waals surface area contributed by atoms with Gasteiger partial charge in [0, 0.05) is 0 Å². The Morgan fingerprint density at radius 1 is 1.10 bits per heavy atom. The number of nitrogens with two attached hydrogens (primary N) is 1. The number of amides is 1. The SMILES string of the molecule is COc1ccc(-c2ccc(S(=O)(=O)N(OC(C)C)[C@H](CCN)C(=O)NO)cc2)cc1. The van der Waals surface area contributed by atoms with Gasteiger partial charge in [-0.3, -0.25) is 14.8 Å². The van der Waals surface area contributed by atoms with Crippen molar-refractivity contribution < 1.29 is 28.0 Å². The Balaban J connectivity index is 2.40. The number of hydrogen-bond donors (Lipinski definition) is 3. The van der Waals surface area contributed by atoms with Crippen molar-refractivity contribution in [3.63, 3.8) is 0 Å². The van der Waals surface area contributed by atoms with Crippen molar-refractivity contribution in [2.24, 2.45) is 5.73 Å². The van der Waals surface area contributed by atoms with Gasteiger partial charge in [0.05, 0.1) is 18.1 Å². The van der Waals surface area contributed by atoms with E-state index in [0.717, 1.165) is 11.1 Å². The summed E-state index contributed by atoms with van der Waals surface area (Å²) >= 11 is 0. The predicted octanol–water partition coefficient (Wildman–Crippen LogP) is 1.92. The minimum Gasteiger partial charge on any atom is -0.497 e. The molecule has 2 rings (SSSR count). The minimum atomic E-state index is -4.22. The maximum atomic E-state index is 13.2. The van der Waals surface area contributed by atoms with Crippen LogP contribution in [0.2, 0.25) is 0 Å². The van der Waals surface area contributed by atoms with Gasteiger partial charge in [0.15, 0.2) is 0 Å². The molecule has 30 heavy (non-hydrogen) atoms. The first-order chi connectivity index (χ1) is 14.2. The number of carbonyl (C=O) groups is 1. The molecule has 0 bridgehead atoms. The van der Waals surface area contributed by atoms with E-state index in [0.29, 0.717) is 10.2 Å². The van der Waals surface area contributed by atoms with Crippen LogP contribution < -0.4 is 16.0 Å². The number of sulfonamides is 1. The van der Waals surface area contributed by atoms with Crippen molar-refractivity contribution in [2.75, 3.05) is 13.7 Å². The molecule has 0 aliphatic carbocycles. The number of methoxy groups -OCH3 is 1. The van der Waals surface area contributed by atoms with Gasteiger partial charge in [0.25, 0.3) is 15.9 Å². The molecule has 164 valence electrons. The van der Waals surface area contributed by atoms with Crippen molar-refractivity contribution in [3.05, 3.63) is 48.5 Å². The van der Waals surface area contributed by atoms with Crippen molar-refractivity contribution in [3.8, 4) is 16.9 Å². The van der Waals surface area contributed by atoms with Gasteiger partial charge in [-0.05, 0) is 62.2 Å². The zero-order chi connectivity index (χ0) is 22.3. The van der Waals surface area contributed by atoms with Crippen LogP contribution in [0.1, 0.15) is 20.3 Å². The fourth-order valence-electron chi connectivity index (χ4n) is 2.78. The van der Waals surface area contributed by atoms with Crippen molar-refractivity contribution >= 4 is 15.9 Å². The van der Waals surface area contributed by atoms with E-state index in [-0.39, 0.29) is 17.9 Å². The predicted molar refractivity (Wildman–Crippen MR) is 111 cm³/mol. The Bertz CT molecular complexity index is 930. The summed E-state index contributed by atoms with van der Waals surface area (Å²) in [6, 6.07) is 12.2. The van der Waals surface area contributed by atoms with Gasteiger partial charge in [-0.25, -0.2) is 13.9 Å². The molecule has 1 amide bonds. The summed E-state index contributed by atoms with van der Waals surface area (Å²) in [4.78, 5) is 17.5. The van der Waals surface area contributed by atoms with Gasteiger partial charge in [-0.15, -0.1) is 0 Å². The molecule has 0 radical (unpaired) electrons. The topological polar surface area (TPSA) is 131 Å². The second kappa shape index (κ2) is 10.5. The average molecular weight is 438 g/mol. The van der Waals surface area contributed by atoms with Crippen LogP contribution in [0.15, 0.2) is 53.4 Å². The van der Waals surface area contributed by atoms with Gasteiger partial charge >= 0.3 is 0 Å². The summed E-state index contributed by atoms with van der Waals surface area (Å²) < 4.78 is 32.2. The zero-order valence-electron chi connectivity index (χ0n) is 17.1. The molecule has 0 aliphatic rings. The van der Waals surface area contributed by atoms with Gasteiger partial charge < -0.3 is 10.5 Å². The van der Waals surface area contributed by atoms with Crippen molar-refractivity contribution in [1.82, 2.24) is 9.95 Å². The summed E-state index contributed by atoms with van der Waals surface area (Å²) in [5, 5.41) is 9.02. The first-order valence-corrected chi connectivity index (χ1v) is 10.8. The second-order valence-corrected chi connectivity index (χ2v) is 8.52. The van der Waals surface area contributed by atoms with E-state index in [1.165, 1.54) is 17.6 Å². The second-order valence-electron chi connectivity index (χ2n) is 6.74. The van der Waals surface area contributed by atoms with Gasteiger partial charge in [0.1, 0.15) is 11.8 Å². The molecular weight excluding hydrogens is 410 g/mol. The van der Waals surface area contributed by atoms with Crippen LogP contribution >= 0.6 is 0 Å². The molecule has 0 saturated carbocycles. The molecule has 0 heterocycles. The van der Waals surface area contributed by atoms with Crippen LogP contribution in [-0.2, 0) is 19.7 Å². The summed E-state index contributed by atoms with van der Waals surface area (Å²) in [6.45, 7) is 3.28. The molecule has 0 fully saturated rings. The van der Waals surface area contributed by atoms with Crippen LogP contribution in [0.25, 0.3) is 11.1 Å². The molecule has 0 saturated heterocycles. The number of hydroxylamine groups is 2. The fourth-order valence-corrected chi connectivity index (χ4v) is 4.29. The van der Waals surface area contributed by atoms with Gasteiger partial charge in [0.2, 0.25) is 0 Å². The third-order valence-corrected chi connectivity index (χ3v) is 5.92. The van der Waals surface area contributed by atoms with Crippen LogP contribution in [-0.4, -0.2) is 49.8 Å². The highest BCUT2D eigenvalue weighted by Gasteiger charge is 2.37. The minimum absolute atomic E-state index is 0.0158. The summed E-state index contributed by atoms with van der Waals surface area (Å²) in [5.74, 6) is -0.216. The number of ether oxygens (including phenoxy) is 1. The first-order valence-electron chi connectivity index (χ1n) is 9.34. The van der Waals surface area contributed by atoms with E-state index >= 15 is 0 Å². The lowest BCUT2D eigenvalue weighted by atomic mass is 10.1. The molecule has 4 N–H and O–H groups in total. The number of carbonyl (C=O) groups excluding carboxylic acids is 1. The lowest BCUT2D eigenvalue weighted by Crippen LogP contribution is -2.50. The van der Waals surface area contributed by atoms with E-state index < -0.39 is 28.1 Å². The van der Waals surface area contributed by atoms with Crippen molar-refractivity contribution in [1.29, 1.82) is 0 Å². The third-order valence-electron chi connectivity index (χ3n) is 4.23. The molecule has 1 atom stereocenters. The average Bonchev–Trinajstić information content (AvgIpc) is 2.75. The molecule has 2 aromatic rings. The molecule has 0 unspecified atom stereocenters. The number of nitrogens with zero attached hydrogens (tertiary/aromatic N) is 1. The smallest absolute Gasteiger partial charge is 0.265 e. The van der Waals surface area contributed by atoms with Crippen molar-refractivity contribution in [2.45, 2.75) is 37.3 Å². The van der Waals surface area contributed by atoms with E-state index in [2.05, 4.69) is 0 Å². The largest absolute Gasteiger partial charge is 0.497 e. The van der Waals surface area contributed by atoms with Gasteiger partial charge in [-0.2, -0.15) is 0 Å². The molecule has 2 aromatic carbocycles. The summed E-state index contributed by atoms with van der Waals surface area (Å²) in [5.41, 5.74) is 8.70. The molecule has 10 heteroatoms. The van der Waals surface area contributed by atoms with E-state index in [9.17, 15) is 13.2 Å². The van der Waals surface area contributed by atoms with E-state index in [1.807, 2.05) is 24.3 Å². The van der Waals surface area contributed by atoms with E-state index in [4.69, 9.17) is 20.5 Å². The standard InChI is InChI=1S/C20H27N3O6S/c1-14(2)29-23(19(12-13-21)20(24)22-25)30(26,27)18-10-6-16(7-11-18)15-4-8-17(28-3)9-5-15/h4-11,14,19,25H,12-13,21H2,1-3H3,(H,22,24)/t19-/m1/s1. The summed E-state index contributed by atoms with van der Waals surface area (Å²) in [7, 11) is -2.64. The monoisotopic (exact) mass is 437 g/mol. The molecule has 0 aliphatic heterocycles. The van der Waals surface area contributed by atoms with Crippen LogP contribution in [0.4, 0.5) is 0 Å². The third kappa shape index (κ3) is 5.55. The first kappa shape index (κ1) is 23.8. The lowest BCUT2D eigenvalue weighted by molar-refractivity contribution is -0.166. The number of benzene rings is 2. The lowest BCUT2D eigenvalue weighted by Gasteiger charge is -2.29. The quantitative estimate of drug-likeness (QED) is 0.382. The van der Waals surface area contributed by atoms with E-state index in [1.54, 1.807) is 33.1 Å². The van der Waals surface area contributed by atoms with Crippen LogP contribution in [0.3, 0.4) is 0 Å². The molecule has 9 nitrogen and oxygen atoms in total. The number of nitrogens with one attached hydrogen (secondary N) is 1. The molecule has 0 spiro atoms. The Morgan fingerprint density at radius 3 is 2.07 bits per heavy atom. The highest BCUT2D eigenvalue weighted by molar-refractivity contribution is 7.89. The maximum absolute atomic E-state index is 13.2. The van der Waals surface area contributed by atoms with Gasteiger partial charge in [-0.1, -0.05) is 28.7 Å². The number of hydrogen-bond acceptors (Lipinski definition) is 7. The Labute approximate surface area is 176 Å². The highest BCUT2D eigenvalue weighted by Crippen LogP contribution is 2.26. The van der Waals surface area contributed by atoms with Crippen LogP contribution in [0.5, 0.6) is 5.75 Å². The normalized spacial score (nSPS) is 12.8. The Morgan fingerprint density at radius 2 is 1.63 bits per heavy atom. The maximum Gasteiger partial charge on any atom is 0.265 e.